The summed E-state index contributed by atoms with van der Waals surface area (Å²) < 4.78 is 9.48. The van der Waals surface area contributed by atoms with Gasteiger partial charge >= 0.3 is 5.97 Å². The number of carbonyl (C=O) groups is 1. The fourth-order valence-electron chi connectivity index (χ4n) is 1.26. The van der Waals surface area contributed by atoms with Gasteiger partial charge in [0, 0.05) is 0 Å². The zero-order valence-corrected chi connectivity index (χ0v) is 9.65. The Bertz CT molecular complexity index is 538. The van der Waals surface area contributed by atoms with E-state index in [0.717, 1.165) is 10.3 Å². The number of nitrogens with zero attached hydrogens (tertiary/aromatic N) is 2. The number of ether oxygens (including phenoxy) is 1. The van der Waals surface area contributed by atoms with Gasteiger partial charge in [-0.05, 0) is 30.1 Å². The van der Waals surface area contributed by atoms with Gasteiger partial charge < -0.3 is 4.74 Å². The van der Waals surface area contributed by atoms with Crippen LogP contribution in [-0.4, -0.2) is 22.4 Å². The van der Waals surface area contributed by atoms with Crippen molar-refractivity contribution in [2.75, 3.05) is 7.11 Å². The maximum Gasteiger partial charge on any atom is 0.360 e. The molecule has 2 heterocycles. The molecule has 0 spiro atoms. The summed E-state index contributed by atoms with van der Waals surface area (Å²) in [5, 5.41) is 0.352. The number of aryl methyl sites for hydroxylation is 1. The average molecular weight is 243 g/mol. The van der Waals surface area contributed by atoms with Crippen molar-refractivity contribution >= 4 is 39.3 Å². The molecule has 0 fully saturated rings. The van der Waals surface area contributed by atoms with Crippen molar-refractivity contribution in [2.24, 2.45) is 0 Å². The number of rotatable bonds is 1. The molecule has 0 radical (unpaired) electrons. The van der Waals surface area contributed by atoms with E-state index in [1.54, 1.807) is 6.07 Å². The lowest BCUT2D eigenvalue weighted by Crippen LogP contribution is -2.02. The number of carbonyl (C=O) groups excluding carboxylic acids is 1. The first-order valence-electron chi connectivity index (χ1n) is 4.14. The van der Waals surface area contributed by atoms with Gasteiger partial charge in [-0.1, -0.05) is 11.6 Å². The van der Waals surface area contributed by atoms with Crippen molar-refractivity contribution in [2.45, 2.75) is 6.92 Å². The van der Waals surface area contributed by atoms with Crippen LogP contribution in [0.4, 0.5) is 0 Å². The summed E-state index contributed by atoms with van der Waals surface area (Å²) in [6, 6.07) is 1.74. The lowest BCUT2D eigenvalue weighted by atomic mass is 10.2. The average Bonchev–Trinajstić information content (AvgIpc) is 2.60. The topological polar surface area (TPSA) is 52.1 Å². The molecule has 0 atom stereocenters. The van der Waals surface area contributed by atoms with Gasteiger partial charge in [0.05, 0.1) is 11.8 Å². The van der Waals surface area contributed by atoms with Crippen LogP contribution in [0.3, 0.4) is 0 Å². The van der Waals surface area contributed by atoms with Crippen LogP contribution in [0.25, 0.3) is 10.2 Å². The van der Waals surface area contributed by atoms with Gasteiger partial charge in [0.25, 0.3) is 0 Å². The molecule has 2 aromatic heterocycles. The minimum absolute atomic E-state index is 0.225. The predicted molar refractivity (Wildman–Crippen MR) is 58.5 cm³/mol. The number of fused-ring (bicyclic) bond motifs is 1. The van der Waals surface area contributed by atoms with Crippen LogP contribution >= 0.6 is 23.1 Å². The summed E-state index contributed by atoms with van der Waals surface area (Å²) in [5.41, 5.74) is 1.69. The highest BCUT2D eigenvalue weighted by atomic mass is 35.5. The van der Waals surface area contributed by atoms with E-state index < -0.39 is 5.97 Å². The molecule has 0 aliphatic heterocycles. The third-order valence-corrected chi connectivity index (χ3v) is 3.12. The minimum Gasteiger partial charge on any atom is -0.464 e. The summed E-state index contributed by atoms with van der Waals surface area (Å²) in [6.45, 7) is 1.90. The Morgan fingerprint density at radius 1 is 1.60 bits per heavy atom. The highest BCUT2D eigenvalue weighted by Crippen LogP contribution is 2.26. The zero-order valence-electron chi connectivity index (χ0n) is 8.07. The largest absolute Gasteiger partial charge is 0.464 e. The summed E-state index contributed by atoms with van der Waals surface area (Å²) >= 11 is 7.04. The molecule has 0 aromatic carbocycles. The fourth-order valence-corrected chi connectivity index (χ4v) is 2.29. The molecule has 0 aliphatic rings. The van der Waals surface area contributed by atoms with Gasteiger partial charge in [-0.15, -0.1) is 0 Å². The molecule has 15 heavy (non-hydrogen) atoms. The summed E-state index contributed by atoms with van der Waals surface area (Å²) in [6.07, 6.45) is 0. The molecule has 0 aliphatic carbocycles. The number of pyridine rings is 1. The lowest BCUT2D eigenvalue weighted by Gasteiger charge is -1.97. The van der Waals surface area contributed by atoms with Gasteiger partial charge in [-0.3, -0.25) is 0 Å². The Morgan fingerprint density at radius 2 is 2.33 bits per heavy atom. The molecule has 6 heteroatoms. The second kappa shape index (κ2) is 3.75. The van der Waals surface area contributed by atoms with E-state index in [1.807, 2.05) is 6.92 Å². The van der Waals surface area contributed by atoms with Crippen LogP contribution in [0, 0.1) is 6.92 Å². The molecule has 78 valence electrons. The standard InChI is InChI=1S/C9H7ClN2O2S/c1-4-3-5(10)11-6-7(9(13)14-2)12-15-8(4)6/h3H,1-2H3. The van der Waals surface area contributed by atoms with Gasteiger partial charge in [0.15, 0.2) is 5.69 Å². The molecular formula is C9H7ClN2O2S. The van der Waals surface area contributed by atoms with E-state index in [9.17, 15) is 4.79 Å². The Kier molecular flexibility index (Phi) is 2.58. The van der Waals surface area contributed by atoms with Crippen molar-refractivity contribution < 1.29 is 9.53 Å². The van der Waals surface area contributed by atoms with Gasteiger partial charge in [0.2, 0.25) is 0 Å². The molecule has 0 unspecified atom stereocenters. The number of halogens is 1. The molecule has 0 N–H and O–H groups in total. The van der Waals surface area contributed by atoms with Crippen molar-refractivity contribution in [1.82, 2.24) is 9.36 Å². The number of aromatic nitrogens is 2. The van der Waals surface area contributed by atoms with Crippen LogP contribution in [0.15, 0.2) is 6.07 Å². The van der Waals surface area contributed by atoms with E-state index >= 15 is 0 Å². The van der Waals surface area contributed by atoms with Gasteiger partial charge in [-0.2, -0.15) is 4.37 Å². The van der Waals surface area contributed by atoms with Crippen LogP contribution in [0.1, 0.15) is 16.1 Å². The first-order valence-corrected chi connectivity index (χ1v) is 5.29. The number of hydrogen-bond donors (Lipinski definition) is 0. The van der Waals surface area contributed by atoms with E-state index in [-0.39, 0.29) is 5.69 Å². The normalized spacial score (nSPS) is 10.6. The SMILES string of the molecule is COC(=O)c1nsc2c(C)cc(Cl)nc12. The highest BCUT2D eigenvalue weighted by Gasteiger charge is 2.17. The summed E-state index contributed by atoms with van der Waals surface area (Å²) in [4.78, 5) is 15.4. The van der Waals surface area contributed by atoms with Crippen molar-refractivity contribution in [3.63, 3.8) is 0 Å². The first kappa shape index (κ1) is 10.3. The maximum atomic E-state index is 11.3. The Hall–Kier alpha value is -1.20. The third-order valence-electron chi connectivity index (χ3n) is 1.96. The second-order valence-electron chi connectivity index (χ2n) is 2.96. The summed E-state index contributed by atoms with van der Waals surface area (Å²) in [7, 11) is 1.31. The molecule has 0 amide bonds. The molecule has 0 bridgehead atoms. The third kappa shape index (κ3) is 1.68. The van der Waals surface area contributed by atoms with E-state index in [4.69, 9.17) is 11.6 Å². The molecule has 2 rings (SSSR count). The van der Waals surface area contributed by atoms with E-state index in [1.165, 1.54) is 18.6 Å². The van der Waals surface area contributed by atoms with Crippen LogP contribution in [0.5, 0.6) is 0 Å². The lowest BCUT2D eigenvalue weighted by molar-refractivity contribution is 0.0597. The van der Waals surface area contributed by atoms with Crippen LogP contribution in [0.2, 0.25) is 5.15 Å². The fraction of sp³-hybridized carbons (Fsp3) is 0.222. The van der Waals surface area contributed by atoms with Crippen LogP contribution < -0.4 is 0 Å². The Morgan fingerprint density at radius 3 is 3.00 bits per heavy atom. The number of esters is 1. The summed E-state index contributed by atoms with van der Waals surface area (Å²) in [5.74, 6) is -0.490. The number of hydrogen-bond acceptors (Lipinski definition) is 5. The Balaban J connectivity index is 2.74. The quantitative estimate of drug-likeness (QED) is 0.569. The first-order chi connectivity index (χ1) is 7.13. The zero-order chi connectivity index (χ0) is 11.0. The number of methoxy groups -OCH3 is 1. The molecule has 0 saturated heterocycles. The maximum absolute atomic E-state index is 11.3. The molecule has 0 saturated carbocycles. The van der Waals surface area contributed by atoms with Crippen molar-refractivity contribution in [3.8, 4) is 0 Å². The monoisotopic (exact) mass is 242 g/mol. The van der Waals surface area contributed by atoms with E-state index in [0.29, 0.717) is 10.7 Å². The van der Waals surface area contributed by atoms with Gasteiger partial charge in [-0.25, -0.2) is 9.78 Å². The second-order valence-corrected chi connectivity index (χ2v) is 4.12. The van der Waals surface area contributed by atoms with E-state index in [2.05, 4.69) is 14.1 Å². The van der Waals surface area contributed by atoms with Gasteiger partial charge in [0.1, 0.15) is 10.7 Å². The van der Waals surface area contributed by atoms with Crippen molar-refractivity contribution in [1.29, 1.82) is 0 Å². The Labute approximate surface area is 95.0 Å². The minimum atomic E-state index is -0.490. The highest BCUT2D eigenvalue weighted by molar-refractivity contribution is 7.13. The molecular weight excluding hydrogens is 236 g/mol. The molecule has 4 nitrogen and oxygen atoms in total. The molecule has 2 aromatic rings. The predicted octanol–water partition coefficient (Wildman–Crippen LogP) is 2.44. The smallest absolute Gasteiger partial charge is 0.360 e. The van der Waals surface area contributed by atoms with Crippen molar-refractivity contribution in [3.05, 3.63) is 22.5 Å². The van der Waals surface area contributed by atoms with Crippen LogP contribution in [-0.2, 0) is 4.74 Å².